The number of alkyl halides is 3. The van der Waals surface area contributed by atoms with Crippen molar-refractivity contribution in [3.63, 3.8) is 0 Å². The van der Waals surface area contributed by atoms with E-state index in [0.717, 1.165) is 41.4 Å². The summed E-state index contributed by atoms with van der Waals surface area (Å²) in [5.74, 6) is -1.42. The number of carbonyl (C=O) groups excluding carboxylic acids is 2. The Kier molecular flexibility index (Phi) is 9.34. The van der Waals surface area contributed by atoms with Crippen molar-refractivity contribution in [2.75, 3.05) is 24.8 Å². The number of methoxy groups -OCH3 is 1. The molecule has 1 atom stereocenters. The number of carbonyl (C=O) groups is 2. The molecule has 45 heavy (non-hydrogen) atoms. The van der Waals surface area contributed by atoms with Crippen LogP contribution < -0.4 is 10.2 Å². The molecule has 14 heteroatoms. The number of hydrogen-bond donors (Lipinski definition) is 2. The number of nitrogens with one attached hydrogen (secondary N) is 2. The number of benzene rings is 3. The number of allylic oxidation sites excluding steroid dienone is 1. The van der Waals surface area contributed by atoms with E-state index in [0.29, 0.717) is 16.7 Å². The fourth-order valence-electron chi connectivity index (χ4n) is 4.91. The molecule has 234 valence electrons. The fourth-order valence-corrected chi connectivity index (χ4v) is 5.54. The van der Waals surface area contributed by atoms with Gasteiger partial charge in [0.2, 0.25) is 5.96 Å². The number of urea groups is 1. The quantitative estimate of drug-likeness (QED) is 0.339. The lowest BCUT2D eigenvalue weighted by Gasteiger charge is -2.43. The lowest BCUT2D eigenvalue weighted by Crippen LogP contribution is -2.56. The van der Waals surface area contributed by atoms with Gasteiger partial charge >= 0.3 is 18.2 Å². The van der Waals surface area contributed by atoms with Gasteiger partial charge in [0.25, 0.3) is 0 Å². The van der Waals surface area contributed by atoms with E-state index in [1.165, 1.54) is 49.4 Å². The van der Waals surface area contributed by atoms with E-state index in [1.807, 2.05) is 6.07 Å². The second-order valence-electron chi connectivity index (χ2n) is 10.1. The number of guanidine groups is 1. The maximum Gasteiger partial charge on any atom is 0.416 e. The Labute approximate surface area is 257 Å². The normalized spacial score (nSPS) is 15.5. The summed E-state index contributed by atoms with van der Waals surface area (Å²) in [6, 6.07) is 16.1. The number of nitriles is 1. The van der Waals surface area contributed by atoms with E-state index in [4.69, 9.17) is 10.1 Å². The number of anilines is 1. The van der Waals surface area contributed by atoms with Crippen molar-refractivity contribution >= 4 is 33.5 Å². The Morgan fingerprint density at radius 1 is 1.07 bits per heavy atom. The van der Waals surface area contributed by atoms with Crippen LogP contribution in [-0.2, 0) is 32.0 Å². The van der Waals surface area contributed by atoms with Crippen LogP contribution in [0.1, 0.15) is 35.2 Å². The number of hydrogen-bond acceptors (Lipinski definition) is 7. The molecular weight excluding hydrogens is 611 g/mol. The molecule has 2 N–H and O–H groups in total. The van der Waals surface area contributed by atoms with Crippen molar-refractivity contribution in [1.29, 1.82) is 10.7 Å². The van der Waals surface area contributed by atoms with Crippen LogP contribution in [0.25, 0.3) is 0 Å². The average molecular weight is 640 g/mol. The number of ether oxygens (including phenoxy) is 1. The third-order valence-electron chi connectivity index (χ3n) is 7.15. The molecular formula is C31H28F3N5O5S. The first kappa shape index (κ1) is 32.7. The van der Waals surface area contributed by atoms with E-state index >= 15 is 0 Å². The second-order valence-corrected chi connectivity index (χ2v) is 12.1. The van der Waals surface area contributed by atoms with Crippen LogP contribution in [0, 0.1) is 16.7 Å². The summed E-state index contributed by atoms with van der Waals surface area (Å²) in [6.07, 6.45) is -3.34. The van der Waals surface area contributed by atoms with Crippen molar-refractivity contribution < 1.29 is 35.9 Å². The summed E-state index contributed by atoms with van der Waals surface area (Å²) in [5.41, 5.74) is 0.194. The first-order valence-corrected chi connectivity index (χ1v) is 15.3. The minimum Gasteiger partial charge on any atom is -0.466 e. The van der Waals surface area contributed by atoms with Crippen molar-refractivity contribution in [2.45, 2.75) is 30.5 Å². The van der Waals surface area contributed by atoms with Gasteiger partial charge in [0.1, 0.15) is 6.04 Å². The molecule has 0 unspecified atom stereocenters. The van der Waals surface area contributed by atoms with E-state index < -0.39 is 45.6 Å². The minimum absolute atomic E-state index is 0.0285. The standard InChI is InChI=1S/C31H28F3N5O5S/c1-19-26(28(40)44-2)27(22-11-7-21(18-35)8-12-22)39(29(36)38(19)24-6-4-5-23(17-24)31(32,33)34)30(41)37-16-15-20-9-13-25(14-10-20)45(3,42)43/h4-14,17,27,36H,15-16H2,1-3H3,(H,37,41)/t27-/m1/s1. The molecule has 1 aliphatic heterocycles. The number of nitrogens with zero attached hydrogens (tertiary/aromatic N) is 3. The van der Waals surface area contributed by atoms with Crippen molar-refractivity contribution in [3.05, 3.63) is 106 Å². The smallest absolute Gasteiger partial charge is 0.416 e. The zero-order chi connectivity index (χ0) is 33.1. The lowest BCUT2D eigenvalue weighted by molar-refractivity contribution is -0.138. The molecule has 4 rings (SSSR count). The molecule has 0 fully saturated rings. The Morgan fingerprint density at radius 3 is 2.27 bits per heavy atom. The van der Waals surface area contributed by atoms with Gasteiger partial charge in [0, 0.05) is 24.2 Å². The SMILES string of the molecule is COC(=O)C1=C(C)N(c2cccc(C(F)(F)F)c2)C(=N)N(C(=O)NCCc2ccc(S(C)(=O)=O)cc2)[C@@H]1c1ccc(C#N)cc1. The highest BCUT2D eigenvalue weighted by Crippen LogP contribution is 2.41. The molecule has 1 aliphatic rings. The number of amides is 2. The Hall–Kier alpha value is -5.16. The highest BCUT2D eigenvalue weighted by atomic mass is 32.2. The van der Waals surface area contributed by atoms with Gasteiger partial charge in [-0.05, 0) is 66.9 Å². The van der Waals surface area contributed by atoms with Gasteiger partial charge in [0.15, 0.2) is 9.84 Å². The summed E-state index contributed by atoms with van der Waals surface area (Å²) < 4.78 is 69.4. The van der Waals surface area contributed by atoms with Crippen molar-refractivity contribution in [3.8, 4) is 6.07 Å². The van der Waals surface area contributed by atoms with E-state index in [-0.39, 0.29) is 34.8 Å². The van der Waals surface area contributed by atoms with E-state index in [1.54, 1.807) is 12.1 Å². The first-order valence-electron chi connectivity index (χ1n) is 13.4. The molecule has 3 aromatic carbocycles. The summed E-state index contributed by atoms with van der Waals surface area (Å²) in [6.45, 7) is 1.47. The van der Waals surface area contributed by atoms with Gasteiger partial charge in [-0.1, -0.05) is 30.3 Å². The number of sulfone groups is 1. The topological polar surface area (TPSA) is 144 Å². The predicted molar refractivity (Wildman–Crippen MR) is 159 cm³/mol. The lowest BCUT2D eigenvalue weighted by atomic mass is 9.92. The van der Waals surface area contributed by atoms with Crippen LogP contribution in [0.3, 0.4) is 0 Å². The summed E-state index contributed by atoms with van der Waals surface area (Å²) in [4.78, 5) is 29.2. The van der Waals surface area contributed by atoms with Crippen LogP contribution in [0.15, 0.2) is 89.0 Å². The minimum atomic E-state index is -4.70. The molecule has 3 aromatic rings. The van der Waals surface area contributed by atoms with Gasteiger partial charge in [-0.3, -0.25) is 15.2 Å². The molecule has 0 bridgehead atoms. The summed E-state index contributed by atoms with van der Waals surface area (Å²) >= 11 is 0. The molecule has 0 spiro atoms. The Bertz CT molecular complexity index is 1820. The highest BCUT2D eigenvalue weighted by Gasteiger charge is 2.44. The second kappa shape index (κ2) is 12.8. The van der Waals surface area contributed by atoms with Crippen molar-refractivity contribution in [2.24, 2.45) is 0 Å². The van der Waals surface area contributed by atoms with Gasteiger partial charge in [-0.2, -0.15) is 18.4 Å². The van der Waals surface area contributed by atoms with Gasteiger partial charge in [-0.15, -0.1) is 0 Å². The van der Waals surface area contributed by atoms with Crippen LogP contribution in [0.2, 0.25) is 0 Å². The zero-order valence-corrected chi connectivity index (χ0v) is 25.2. The highest BCUT2D eigenvalue weighted by molar-refractivity contribution is 7.90. The van der Waals surface area contributed by atoms with Gasteiger partial charge in [-0.25, -0.2) is 18.0 Å². The number of esters is 1. The van der Waals surface area contributed by atoms with E-state index in [2.05, 4.69) is 5.32 Å². The Balaban J connectivity index is 1.77. The molecule has 0 aliphatic carbocycles. The molecule has 0 radical (unpaired) electrons. The zero-order valence-electron chi connectivity index (χ0n) is 24.3. The Morgan fingerprint density at radius 2 is 1.71 bits per heavy atom. The summed E-state index contributed by atoms with van der Waals surface area (Å²) in [7, 11) is -2.28. The van der Waals surface area contributed by atoms with Crippen LogP contribution in [-0.4, -0.2) is 51.2 Å². The summed E-state index contributed by atoms with van der Waals surface area (Å²) in [5, 5.41) is 21.0. The largest absolute Gasteiger partial charge is 0.466 e. The first-order chi connectivity index (χ1) is 21.2. The monoisotopic (exact) mass is 639 g/mol. The molecule has 0 saturated carbocycles. The van der Waals surface area contributed by atoms with Crippen LogP contribution in [0.4, 0.5) is 23.7 Å². The molecule has 1 heterocycles. The van der Waals surface area contributed by atoms with Gasteiger partial charge in [0.05, 0.1) is 34.8 Å². The van der Waals surface area contributed by atoms with Crippen LogP contribution in [0.5, 0.6) is 0 Å². The molecule has 10 nitrogen and oxygen atoms in total. The number of rotatable bonds is 7. The maximum absolute atomic E-state index is 13.8. The number of halogens is 3. The van der Waals surface area contributed by atoms with E-state index in [9.17, 15) is 36.4 Å². The maximum atomic E-state index is 13.8. The molecule has 0 saturated heterocycles. The van der Waals surface area contributed by atoms with Crippen LogP contribution >= 0.6 is 0 Å². The fraction of sp³-hybridized carbons (Fsp3) is 0.226. The molecule has 0 aromatic heterocycles. The third kappa shape index (κ3) is 6.99. The van der Waals surface area contributed by atoms with Crippen molar-refractivity contribution in [1.82, 2.24) is 10.2 Å². The van der Waals surface area contributed by atoms with Gasteiger partial charge < -0.3 is 10.1 Å². The molecule has 2 amide bonds. The predicted octanol–water partition coefficient (Wildman–Crippen LogP) is 5.18. The third-order valence-corrected chi connectivity index (χ3v) is 8.28. The average Bonchev–Trinajstić information content (AvgIpc) is 3.00.